The van der Waals surface area contributed by atoms with Gasteiger partial charge in [-0.25, -0.2) is 15.2 Å². The molecule has 6 heteroatoms. The van der Waals surface area contributed by atoms with Crippen LogP contribution in [0.1, 0.15) is 0 Å². The molecule has 0 spiro atoms. The Labute approximate surface area is 86.0 Å². The summed E-state index contributed by atoms with van der Waals surface area (Å²) in [4.78, 5) is 15.1. The molecular weight excluding hydrogens is 204 g/mol. The second-order valence-corrected chi connectivity index (χ2v) is 3.23. The van der Waals surface area contributed by atoms with Crippen molar-refractivity contribution >= 4 is 23.4 Å². The molecule has 1 fully saturated rings. The van der Waals surface area contributed by atoms with Gasteiger partial charge in [-0.2, -0.15) is 0 Å². The molecule has 1 aromatic rings. The Morgan fingerprint density at radius 2 is 2.36 bits per heavy atom. The minimum absolute atomic E-state index is 0.224. The second-order valence-electron chi connectivity index (χ2n) is 2.84. The monoisotopic (exact) mass is 212 g/mol. The van der Waals surface area contributed by atoms with Crippen LogP contribution in [-0.4, -0.2) is 24.1 Å². The van der Waals surface area contributed by atoms with Gasteiger partial charge in [0, 0.05) is 6.54 Å². The van der Waals surface area contributed by atoms with Gasteiger partial charge in [0.05, 0.1) is 6.54 Å². The van der Waals surface area contributed by atoms with Crippen LogP contribution in [0.3, 0.4) is 0 Å². The molecule has 2 rings (SSSR count). The zero-order chi connectivity index (χ0) is 9.97. The number of nitrogens with one attached hydrogen (secondary N) is 2. The molecule has 14 heavy (non-hydrogen) atoms. The van der Waals surface area contributed by atoms with E-state index in [0.717, 1.165) is 0 Å². The predicted molar refractivity (Wildman–Crippen MR) is 53.1 cm³/mol. The number of amides is 2. The summed E-state index contributed by atoms with van der Waals surface area (Å²) in [6.45, 7) is 1.26. The number of urea groups is 1. The minimum atomic E-state index is -0.224. The van der Waals surface area contributed by atoms with Gasteiger partial charge >= 0.3 is 6.03 Å². The predicted octanol–water partition coefficient (Wildman–Crippen LogP) is 0.769. The van der Waals surface area contributed by atoms with Gasteiger partial charge in [-0.05, 0) is 12.1 Å². The molecule has 1 aliphatic heterocycles. The Morgan fingerprint density at radius 3 is 3.07 bits per heavy atom. The van der Waals surface area contributed by atoms with Gasteiger partial charge in [0.15, 0.2) is 0 Å². The first-order valence-corrected chi connectivity index (χ1v) is 4.58. The lowest BCUT2D eigenvalue weighted by atomic mass is 10.4. The zero-order valence-corrected chi connectivity index (χ0v) is 8.08. The van der Waals surface area contributed by atoms with Crippen molar-refractivity contribution < 1.29 is 4.79 Å². The van der Waals surface area contributed by atoms with Crippen molar-refractivity contribution in [3.8, 4) is 0 Å². The molecule has 74 valence electrons. The number of nitrogens with zero attached hydrogens (tertiary/aromatic N) is 2. The summed E-state index contributed by atoms with van der Waals surface area (Å²) >= 11 is 5.73. The van der Waals surface area contributed by atoms with Crippen LogP contribution >= 0.6 is 11.6 Å². The highest BCUT2D eigenvalue weighted by Gasteiger charge is 2.15. The van der Waals surface area contributed by atoms with Crippen molar-refractivity contribution in [1.29, 1.82) is 0 Å². The Hall–Kier alpha value is -1.49. The van der Waals surface area contributed by atoms with Crippen molar-refractivity contribution in [1.82, 2.24) is 15.7 Å². The Morgan fingerprint density at radius 1 is 1.50 bits per heavy atom. The van der Waals surface area contributed by atoms with Crippen LogP contribution < -0.4 is 15.8 Å². The van der Waals surface area contributed by atoms with Crippen molar-refractivity contribution in [2.45, 2.75) is 0 Å². The maximum absolute atomic E-state index is 11.0. The summed E-state index contributed by atoms with van der Waals surface area (Å²) in [5.74, 6) is 0.646. The van der Waals surface area contributed by atoms with Crippen LogP contribution in [0.2, 0.25) is 5.15 Å². The minimum Gasteiger partial charge on any atom is -0.335 e. The Bertz CT molecular complexity index is 357. The molecular formula is C8H9ClN4O. The first kappa shape index (κ1) is 9.08. The van der Waals surface area contributed by atoms with E-state index in [2.05, 4.69) is 15.7 Å². The molecule has 0 bridgehead atoms. The smallest absolute Gasteiger partial charge is 0.333 e. The van der Waals surface area contributed by atoms with E-state index in [1.807, 2.05) is 0 Å². The number of anilines is 1. The van der Waals surface area contributed by atoms with E-state index in [0.29, 0.717) is 24.1 Å². The third-order valence-electron chi connectivity index (χ3n) is 1.83. The number of halogens is 1. The summed E-state index contributed by atoms with van der Waals surface area (Å²) in [5.41, 5.74) is 2.62. The van der Waals surface area contributed by atoms with Crippen LogP contribution in [-0.2, 0) is 0 Å². The number of hydrogen-bond acceptors (Lipinski definition) is 3. The summed E-state index contributed by atoms with van der Waals surface area (Å²) in [6, 6.07) is 5.05. The van der Waals surface area contributed by atoms with E-state index >= 15 is 0 Å². The third kappa shape index (κ3) is 1.88. The normalized spacial score (nSPS) is 16.1. The fourth-order valence-corrected chi connectivity index (χ4v) is 1.38. The first-order chi connectivity index (χ1) is 6.75. The topological polar surface area (TPSA) is 57.3 Å². The number of hydrogen-bond donors (Lipinski definition) is 2. The number of hydrazine groups is 1. The summed E-state index contributed by atoms with van der Waals surface area (Å²) in [6.07, 6.45) is 0. The van der Waals surface area contributed by atoms with Crippen LogP contribution in [0.25, 0.3) is 0 Å². The summed E-state index contributed by atoms with van der Waals surface area (Å²) in [5, 5.41) is 4.71. The van der Waals surface area contributed by atoms with E-state index in [4.69, 9.17) is 11.6 Å². The number of carbonyl (C=O) groups is 1. The quantitative estimate of drug-likeness (QED) is 0.676. The van der Waals surface area contributed by atoms with Crippen LogP contribution in [0.15, 0.2) is 18.2 Å². The standard InChI is InChI=1S/C8H9ClN4O/c9-6-2-1-3-7(11-6)13-5-4-10-8(14)12-13/h1-3H,4-5H2,(H2,10,12,14). The van der Waals surface area contributed by atoms with Gasteiger partial charge in [-0.15, -0.1) is 0 Å². The van der Waals surface area contributed by atoms with Crippen molar-refractivity contribution in [3.63, 3.8) is 0 Å². The van der Waals surface area contributed by atoms with Crippen LogP contribution in [0.5, 0.6) is 0 Å². The van der Waals surface area contributed by atoms with Gasteiger partial charge in [0.25, 0.3) is 0 Å². The first-order valence-electron chi connectivity index (χ1n) is 4.20. The van der Waals surface area contributed by atoms with Crippen molar-refractivity contribution in [2.24, 2.45) is 0 Å². The SMILES string of the molecule is O=C1NCCN(c2cccc(Cl)n2)N1. The molecule has 5 nitrogen and oxygen atoms in total. The highest BCUT2D eigenvalue weighted by atomic mass is 35.5. The number of carbonyl (C=O) groups excluding carboxylic acids is 1. The largest absolute Gasteiger partial charge is 0.335 e. The molecule has 0 radical (unpaired) electrons. The molecule has 2 N–H and O–H groups in total. The highest BCUT2D eigenvalue weighted by molar-refractivity contribution is 6.29. The molecule has 2 heterocycles. The van der Waals surface area contributed by atoms with Gasteiger partial charge in [-0.3, -0.25) is 5.01 Å². The van der Waals surface area contributed by atoms with Crippen molar-refractivity contribution in [2.75, 3.05) is 18.1 Å². The van der Waals surface area contributed by atoms with E-state index in [9.17, 15) is 4.79 Å². The van der Waals surface area contributed by atoms with Crippen LogP contribution in [0.4, 0.5) is 10.6 Å². The lowest BCUT2D eigenvalue weighted by Gasteiger charge is -2.28. The van der Waals surface area contributed by atoms with Crippen LogP contribution in [0, 0.1) is 0 Å². The molecule has 1 aromatic heterocycles. The average Bonchev–Trinajstić information content (AvgIpc) is 2.18. The molecule has 1 aliphatic rings. The van der Waals surface area contributed by atoms with E-state index in [1.54, 1.807) is 23.2 Å². The molecule has 2 amide bonds. The van der Waals surface area contributed by atoms with Gasteiger partial charge in [0.1, 0.15) is 11.0 Å². The third-order valence-corrected chi connectivity index (χ3v) is 2.04. The van der Waals surface area contributed by atoms with Gasteiger partial charge in [-0.1, -0.05) is 17.7 Å². The van der Waals surface area contributed by atoms with E-state index in [-0.39, 0.29) is 6.03 Å². The lowest BCUT2D eigenvalue weighted by Crippen LogP contribution is -2.56. The molecule has 0 saturated carbocycles. The fraction of sp³-hybridized carbons (Fsp3) is 0.250. The second kappa shape index (κ2) is 3.71. The highest BCUT2D eigenvalue weighted by Crippen LogP contribution is 2.12. The number of rotatable bonds is 1. The van der Waals surface area contributed by atoms with Gasteiger partial charge in [0.2, 0.25) is 0 Å². The summed E-state index contributed by atoms with van der Waals surface area (Å²) in [7, 11) is 0. The van der Waals surface area contributed by atoms with E-state index in [1.165, 1.54) is 0 Å². The maximum Gasteiger partial charge on any atom is 0.333 e. The Kier molecular flexibility index (Phi) is 2.41. The molecule has 0 unspecified atom stereocenters. The molecule has 0 aliphatic carbocycles. The zero-order valence-electron chi connectivity index (χ0n) is 7.33. The van der Waals surface area contributed by atoms with Crippen molar-refractivity contribution in [3.05, 3.63) is 23.4 Å². The molecule has 0 aromatic carbocycles. The number of aromatic nitrogens is 1. The number of pyridine rings is 1. The maximum atomic E-state index is 11.0. The lowest BCUT2D eigenvalue weighted by molar-refractivity contribution is 0.235. The van der Waals surface area contributed by atoms with E-state index < -0.39 is 0 Å². The molecule has 1 saturated heterocycles. The average molecular weight is 213 g/mol. The summed E-state index contributed by atoms with van der Waals surface area (Å²) < 4.78 is 0. The Balaban J connectivity index is 2.17. The van der Waals surface area contributed by atoms with Gasteiger partial charge < -0.3 is 5.32 Å². The fourth-order valence-electron chi connectivity index (χ4n) is 1.22. The molecule has 0 atom stereocenters.